The summed E-state index contributed by atoms with van der Waals surface area (Å²) in [6.45, 7) is 5.15. The van der Waals surface area contributed by atoms with E-state index in [1.165, 1.54) is 28.8 Å². The summed E-state index contributed by atoms with van der Waals surface area (Å²) in [4.78, 5) is 23.5. The van der Waals surface area contributed by atoms with Gasteiger partial charge in [0.25, 0.3) is 0 Å². The van der Waals surface area contributed by atoms with E-state index in [1.54, 1.807) is 26.2 Å². The predicted molar refractivity (Wildman–Crippen MR) is 93.8 cm³/mol. The van der Waals surface area contributed by atoms with Crippen molar-refractivity contribution in [1.82, 2.24) is 9.29 Å². The molecule has 24 heavy (non-hydrogen) atoms. The molecule has 0 fully saturated rings. The van der Waals surface area contributed by atoms with Crippen molar-refractivity contribution < 1.29 is 13.2 Å². The Bertz CT molecular complexity index is 880. The van der Waals surface area contributed by atoms with Crippen LogP contribution < -0.4 is 14.9 Å². The van der Waals surface area contributed by atoms with Gasteiger partial charge in [0.05, 0.1) is 4.90 Å². The van der Waals surface area contributed by atoms with Gasteiger partial charge >= 0.3 is 4.87 Å². The van der Waals surface area contributed by atoms with Crippen molar-refractivity contribution in [3.8, 4) is 0 Å². The Morgan fingerprint density at radius 1 is 1.25 bits per heavy atom. The molecule has 1 heterocycles. The van der Waals surface area contributed by atoms with E-state index in [2.05, 4.69) is 10.0 Å². The monoisotopic (exact) mass is 369 g/mol. The van der Waals surface area contributed by atoms with Crippen LogP contribution in [0.5, 0.6) is 0 Å². The Morgan fingerprint density at radius 2 is 1.88 bits per heavy atom. The molecule has 0 radical (unpaired) electrons. The second kappa shape index (κ2) is 7.29. The molecular weight excluding hydrogens is 350 g/mol. The summed E-state index contributed by atoms with van der Waals surface area (Å²) >= 11 is 1.04. The van der Waals surface area contributed by atoms with E-state index in [4.69, 9.17) is 0 Å². The Balaban J connectivity index is 2.06. The lowest BCUT2D eigenvalue weighted by atomic mass is 10.3. The lowest BCUT2D eigenvalue weighted by Crippen LogP contribution is -2.30. The zero-order chi connectivity index (χ0) is 17.9. The molecule has 0 atom stereocenters. The molecule has 2 N–H and O–H groups in total. The molecule has 1 amide bonds. The van der Waals surface area contributed by atoms with E-state index in [-0.39, 0.29) is 28.3 Å². The Hall–Kier alpha value is -1.97. The van der Waals surface area contributed by atoms with Crippen LogP contribution in [0.15, 0.2) is 39.3 Å². The van der Waals surface area contributed by atoms with E-state index in [0.717, 1.165) is 17.0 Å². The number of aromatic nitrogens is 1. The van der Waals surface area contributed by atoms with E-state index in [9.17, 15) is 18.0 Å². The second-order valence-corrected chi connectivity index (χ2v) is 8.11. The Morgan fingerprint density at radius 3 is 2.38 bits per heavy atom. The standard InChI is InChI=1S/C15H19N3O4S2/c1-10(2)17-24(21,22)13-6-4-12(5-7-13)16-14(19)8-18-11(3)9-23-15(18)20/h4-7,9-10,17H,8H2,1-3H3,(H,16,19). The Kier molecular flexibility index (Phi) is 5.58. The Labute approximate surface area is 144 Å². The maximum Gasteiger partial charge on any atom is 0.307 e. The number of carbonyl (C=O) groups is 1. The quantitative estimate of drug-likeness (QED) is 0.807. The second-order valence-electron chi connectivity index (χ2n) is 5.58. The van der Waals surface area contributed by atoms with Crippen LogP contribution in [0.1, 0.15) is 19.5 Å². The number of rotatable bonds is 6. The van der Waals surface area contributed by atoms with E-state index in [1.807, 2.05) is 0 Å². The smallest absolute Gasteiger partial charge is 0.307 e. The summed E-state index contributed by atoms with van der Waals surface area (Å²) in [6.07, 6.45) is 0. The average molecular weight is 369 g/mol. The van der Waals surface area contributed by atoms with Gasteiger partial charge in [-0.25, -0.2) is 13.1 Å². The third kappa shape index (κ3) is 4.53. The average Bonchev–Trinajstić information content (AvgIpc) is 2.78. The summed E-state index contributed by atoms with van der Waals surface area (Å²) < 4.78 is 27.9. The number of benzene rings is 1. The van der Waals surface area contributed by atoms with E-state index in [0.29, 0.717) is 5.69 Å². The zero-order valence-electron chi connectivity index (χ0n) is 13.6. The molecule has 1 aromatic carbocycles. The number of nitrogens with zero attached hydrogens (tertiary/aromatic N) is 1. The third-order valence-electron chi connectivity index (χ3n) is 3.12. The van der Waals surface area contributed by atoms with Crippen LogP contribution in [0.4, 0.5) is 5.69 Å². The SMILES string of the molecule is Cc1csc(=O)n1CC(=O)Nc1ccc(S(=O)(=O)NC(C)C)cc1. The van der Waals surface area contributed by atoms with Crippen LogP contribution in [0.2, 0.25) is 0 Å². The number of thiazole rings is 1. The molecule has 0 aliphatic heterocycles. The summed E-state index contributed by atoms with van der Waals surface area (Å²) in [7, 11) is -3.56. The molecule has 0 bridgehead atoms. The molecule has 0 saturated heterocycles. The molecule has 130 valence electrons. The minimum atomic E-state index is -3.56. The maximum atomic E-state index is 12.0. The minimum absolute atomic E-state index is 0.0802. The normalized spacial score (nSPS) is 11.7. The van der Waals surface area contributed by atoms with Crippen LogP contribution in [0.25, 0.3) is 0 Å². The summed E-state index contributed by atoms with van der Waals surface area (Å²) in [5.74, 6) is -0.352. The number of nitrogens with one attached hydrogen (secondary N) is 2. The van der Waals surface area contributed by atoms with Crippen molar-refractivity contribution in [2.75, 3.05) is 5.32 Å². The highest BCUT2D eigenvalue weighted by atomic mass is 32.2. The summed E-state index contributed by atoms with van der Waals surface area (Å²) in [5, 5.41) is 4.34. The molecule has 0 aliphatic rings. The topological polar surface area (TPSA) is 97.3 Å². The van der Waals surface area contributed by atoms with Crippen LogP contribution in [0.3, 0.4) is 0 Å². The van der Waals surface area contributed by atoms with Gasteiger partial charge in [-0.2, -0.15) is 0 Å². The molecule has 0 aliphatic carbocycles. The zero-order valence-corrected chi connectivity index (χ0v) is 15.2. The first-order valence-electron chi connectivity index (χ1n) is 7.26. The van der Waals surface area contributed by atoms with E-state index < -0.39 is 10.0 Å². The van der Waals surface area contributed by atoms with Crippen molar-refractivity contribution in [2.45, 2.75) is 38.3 Å². The van der Waals surface area contributed by atoms with Gasteiger partial charge in [-0.05, 0) is 45.0 Å². The van der Waals surface area contributed by atoms with Crippen molar-refractivity contribution >= 4 is 33.0 Å². The van der Waals surface area contributed by atoms with Crippen LogP contribution in [0, 0.1) is 6.92 Å². The first kappa shape index (κ1) is 18.4. The van der Waals surface area contributed by atoms with Gasteiger partial charge < -0.3 is 5.32 Å². The number of aryl methyl sites for hydroxylation is 1. The fraction of sp³-hybridized carbons (Fsp3) is 0.333. The fourth-order valence-corrected chi connectivity index (χ4v) is 4.02. The number of anilines is 1. The predicted octanol–water partition coefficient (Wildman–Crippen LogP) is 1.54. The van der Waals surface area contributed by atoms with Crippen LogP contribution in [-0.2, 0) is 21.4 Å². The highest BCUT2D eigenvalue weighted by Crippen LogP contribution is 2.14. The van der Waals surface area contributed by atoms with Gasteiger partial charge in [-0.15, -0.1) is 0 Å². The van der Waals surface area contributed by atoms with Gasteiger partial charge in [0, 0.05) is 22.8 Å². The van der Waals surface area contributed by atoms with Gasteiger partial charge in [-0.1, -0.05) is 11.3 Å². The van der Waals surface area contributed by atoms with Gasteiger partial charge in [-0.3, -0.25) is 14.2 Å². The highest BCUT2D eigenvalue weighted by Gasteiger charge is 2.15. The minimum Gasteiger partial charge on any atom is -0.325 e. The van der Waals surface area contributed by atoms with Crippen LogP contribution in [-0.4, -0.2) is 24.9 Å². The largest absolute Gasteiger partial charge is 0.325 e. The first-order chi connectivity index (χ1) is 11.2. The molecule has 1 aromatic heterocycles. The highest BCUT2D eigenvalue weighted by molar-refractivity contribution is 7.89. The number of hydrogen-bond acceptors (Lipinski definition) is 5. The number of sulfonamides is 1. The van der Waals surface area contributed by atoms with E-state index >= 15 is 0 Å². The molecule has 0 spiro atoms. The molecule has 0 saturated carbocycles. The van der Waals surface area contributed by atoms with Crippen molar-refractivity contribution in [3.63, 3.8) is 0 Å². The molecule has 2 aromatic rings. The van der Waals surface area contributed by atoms with Crippen molar-refractivity contribution in [1.29, 1.82) is 0 Å². The third-order valence-corrected chi connectivity index (χ3v) is 5.67. The lowest BCUT2D eigenvalue weighted by molar-refractivity contribution is -0.116. The van der Waals surface area contributed by atoms with Crippen LogP contribution >= 0.6 is 11.3 Å². The molecule has 9 heteroatoms. The van der Waals surface area contributed by atoms with Gasteiger partial charge in [0.15, 0.2) is 0 Å². The fourth-order valence-electron chi connectivity index (χ4n) is 2.04. The van der Waals surface area contributed by atoms with Crippen molar-refractivity contribution in [3.05, 3.63) is 45.0 Å². The number of hydrogen-bond donors (Lipinski definition) is 2. The van der Waals surface area contributed by atoms with Gasteiger partial charge in [0.1, 0.15) is 6.54 Å². The number of amides is 1. The summed E-state index contributed by atoms with van der Waals surface area (Å²) in [6, 6.07) is 5.65. The summed E-state index contributed by atoms with van der Waals surface area (Å²) in [5.41, 5.74) is 1.19. The number of carbonyl (C=O) groups excluding carboxylic acids is 1. The molecular formula is C15H19N3O4S2. The maximum absolute atomic E-state index is 12.0. The van der Waals surface area contributed by atoms with Crippen molar-refractivity contribution in [2.24, 2.45) is 0 Å². The molecule has 0 unspecified atom stereocenters. The van der Waals surface area contributed by atoms with Gasteiger partial charge in [0.2, 0.25) is 15.9 Å². The lowest BCUT2D eigenvalue weighted by Gasteiger charge is -2.11. The molecule has 7 nitrogen and oxygen atoms in total. The first-order valence-corrected chi connectivity index (χ1v) is 9.62. The molecule has 2 rings (SSSR count).